The van der Waals surface area contributed by atoms with E-state index >= 15 is 0 Å². The number of amides is 1. The molecule has 1 aromatic heterocycles. The summed E-state index contributed by atoms with van der Waals surface area (Å²) in [5.41, 5.74) is 3.90. The molecule has 1 amide bonds. The highest BCUT2D eigenvalue weighted by atomic mass is 32.2. The van der Waals surface area contributed by atoms with Gasteiger partial charge in [-0.15, -0.1) is 11.8 Å². The molecule has 3 atom stereocenters. The molecule has 0 unspecified atom stereocenters. The number of ether oxygens (including phenoxy) is 1. The lowest BCUT2D eigenvalue weighted by molar-refractivity contribution is -0.123. The predicted molar refractivity (Wildman–Crippen MR) is 142 cm³/mol. The number of thioether (sulfide) groups is 1. The van der Waals surface area contributed by atoms with Gasteiger partial charge in [-0.1, -0.05) is 30.3 Å². The van der Waals surface area contributed by atoms with Crippen LogP contribution < -0.4 is 9.64 Å². The number of β-lactam (4-membered cyclic amide) rings is 1. The second-order valence-corrected chi connectivity index (χ2v) is 9.87. The highest BCUT2D eigenvalue weighted by molar-refractivity contribution is 8.00. The van der Waals surface area contributed by atoms with E-state index in [9.17, 15) is 19.4 Å². The van der Waals surface area contributed by atoms with E-state index in [0.717, 1.165) is 16.7 Å². The van der Waals surface area contributed by atoms with Crippen LogP contribution in [0, 0.1) is 5.82 Å². The van der Waals surface area contributed by atoms with Gasteiger partial charge in [0.15, 0.2) is 0 Å². The number of aliphatic hydroxyl groups is 1. The van der Waals surface area contributed by atoms with Crippen LogP contribution in [0.4, 0.5) is 10.1 Å². The number of methoxy groups -OCH3 is 1. The van der Waals surface area contributed by atoms with Crippen molar-refractivity contribution < 1.29 is 24.1 Å². The Balaban J connectivity index is 1.42. The minimum absolute atomic E-state index is 0.0921. The summed E-state index contributed by atoms with van der Waals surface area (Å²) >= 11 is 1.36. The van der Waals surface area contributed by atoms with Gasteiger partial charge in [-0.05, 0) is 53.6 Å². The zero-order valence-electron chi connectivity index (χ0n) is 20.0. The average Bonchev–Trinajstić information content (AvgIpc) is 2.93. The molecule has 188 valence electrons. The number of carbonyl (C=O) groups is 1. The SMILES string of the molecule is COc1cc(N2C(=O)[C@H](SC[C@@H](O)c3ccc(F)cc3)[C@H]2c2ccc(O)cc2)ccc1-c1cccnc1. The Labute approximate surface area is 218 Å². The van der Waals surface area contributed by atoms with Crippen molar-refractivity contribution in [3.05, 3.63) is 108 Å². The molecule has 1 fully saturated rings. The number of phenols is 1. The molecule has 0 spiro atoms. The fourth-order valence-corrected chi connectivity index (χ4v) is 5.77. The largest absolute Gasteiger partial charge is 0.508 e. The molecule has 0 aliphatic carbocycles. The maximum absolute atomic E-state index is 13.4. The van der Waals surface area contributed by atoms with Crippen molar-refractivity contribution >= 4 is 23.4 Å². The van der Waals surface area contributed by atoms with Crippen molar-refractivity contribution in [1.82, 2.24) is 4.98 Å². The summed E-state index contributed by atoms with van der Waals surface area (Å²) in [5, 5.41) is 20.0. The number of anilines is 1. The van der Waals surface area contributed by atoms with Crippen molar-refractivity contribution in [2.75, 3.05) is 17.8 Å². The zero-order chi connectivity index (χ0) is 25.9. The van der Waals surface area contributed by atoms with E-state index in [0.29, 0.717) is 17.0 Å². The number of hydrogen-bond donors (Lipinski definition) is 2. The Kier molecular flexibility index (Phi) is 7.12. The van der Waals surface area contributed by atoms with Gasteiger partial charge < -0.3 is 19.8 Å². The lowest BCUT2D eigenvalue weighted by Crippen LogP contribution is -2.57. The number of aliphatic hydroxyl groups excluding tert-OH is 1. The summed E-state index contributed by atoms with van der Waals surface area (Å²) in [4.78, 5) is 19.3. The molecular formula is C29H25FN2O4S. The second-order valence-electron chi connectivity index (χ2n) is 8.69. The molecule has 2 N–H and O–H groups in total. The van der Waals surface area contributed by atoms with Gasteiger partial charge in [0.1, 0.15) is 22.6 Å². The topological polar surface area (TPSA) is 82.9 Å². The molecule has 3 aromatic carbocycles. The van der Waals surface area contributed by atoms with Gasteiger partial charge in [-0.2, -0.15) is 0 Å². The van der Waals surface area contributed by atoms with Crippen LogP contribution in [0.3, 0.4) is 0 Å². The van der Waals surface area contributed by atoms with Gasteiger partial charge >= 0.3 is 0 Å². The molecule has 0 saturated carbocycles. The summed E-state index contributed by atoms with van der Waals surface area (Å²) in [5.74, 6) is 0.564. The third-order valence-corrected chi connectivity index (χ3v) is 7.73. The molecule has 37 heavy (non-hydrogen) atoms. The van der Waals surface area contributed by atoms with E-state index in [4.69, 9.17) is 4.74 Å². The first-order chi connectivity index (χ1) is 18.0. The van der Waals surface area contributed by atoms with Crippen molar-refractivity contribution in [3.63, 3.8) is 0 Å². The Hall–Kier alpha value is -3.88. The molecular weight excluding hydrogens is 491 g/mol. The summed E-state index contributed by atoms with van der Waals surface area (Å²) < 4.78 is 18.9. The Morgan fingerprint density at radius 3 is 2.51 bits per heavy atom. The summed E-state index contributed by atoms with van der Waals surface area (Å²) in [6.07, 6.45) is 2.62. The van der Waals surface area contributed by atoms with E-state index in [-0.39, 0.29) is 29.3 Å². The molecule has 8 heteroatoms. The van der Waals surface area contributed by atoms with Gasteiger partial charge in [0.2, 0.25) is 5.91 Å². The first-order valence-corrected chi connectivity index (χ1v) is 12.8. The van der Waals surface area contributed by atoms with E-state index in [1.165, 1.54) is 23.9 Å². The summed E-state index contributed by atoms with van der Waals surface area (Å²) in [6, 6.07) is 21.6. The maximum Gasteiger partial charge on any atom is 0.243 e. The number of aromatic hydroxyl groups is 1. The first-order valence-electron chi connectivity index (χ1n) is 11.7. The Morgan fingerprint density at radius 1 is 1.08 bits per heavy atom. The van der Waals surface area contributed by atoms with E-state index in [1.54, 1.807) is 60.8 Å². The highest BCUT2D eigenvalue weighted by Crippen LogP contribution is 2.47. The Bertz CT molecular complexity index is 1380. The van der Waals surface area contributed by atoms with Crippen LogP contribution >= 0.6 is 11.8 Å². The number of aromatic nitrogens is 1. The average molecular weight is 517 g/mol. The van der Waals surface area contributed by atoms with Crippen molar-refractivity contribution in [1.29, 1.82) is 0 Å². The van der Waals surface area contributed by atoms with Crippen LogP contribution in [0.25, 0.3) is 11.1 Å². The van der Waals surface area contributed by atoms with E-state index < -0.39 is 11.4 Å². The molecule has 1 aliphatic rings. The quantitative estimate of drug-likeness (QED) is 0.300. The van der Waals surface area contributed by atoms with Gasteiger partial charge in [-0.25, -0.2) is 4.39 Å². The molecule has 2 heterocycles. The number of hydrogen-bond acceptors (Lipinski definition) is 6. The Morgan fingerprint density at radius 2 is 1.84 bits per heavy atom. The molecule has 1 saturated heterocycles. The number of halogens is 1. The fourth-order valence-electron chi connectivity index (χ4n) is 4.47. The van der Waals surface area contributed by atoms with Crippen molar-refractivity contribution in [2.24, 2.45) is 0 Å². The van der Waals surface area contributed by atoms with E-state index in [1.807, 2.05) is 30.3 Å². The molecule has 4 aromatic rings. The van der Waals surface area contributed by atoms with E-state index in [2.05, 4.69) is 4.98 Å². The molecule has 1 aliphatic heterocycles. The molecule has 0 bridgehead atoms. The second kappa shape index (κ2) is 10.6. The minimum atomic E-state index is -0.841. The zero-order valence-corrected chi connectivity index (χ0v) is 20.8. The van der Waals surface area contributed by atoms with Crippen LogP contribution in [0.15, 0.2) is 91.3 Å². The van der Waals surface area contributed by atoms with Crippen LogP contribution in [0.1, 0.15) is 23.3 Å². The number of phenolic OH excluding ortho intramolecular Hbond substituents is 1. The van der Waals surface area contributed by atoms with Gasteiger partial charge in [0.25, 0.3) is 0 Å². The standard InChI is InChI=1S/C29H25FN2O4S/c1-36-26-15-22(10-13-24(26)20-3-2-14-31-16-20)32-27(19-6-11-23(33)12-7-19)28(29(32)35)37-17-25(34)18-4-8-21(30)9-5-18/h2-16,25,27-28,33-34H,17H2,1H3/t25-,27-,28-/m1/s1. The third-order valence-electron chi connectivity index (χ3n) is 6.40. The van der Waals surface area contributed by atoms with Crippen LogP contribution in [0.2, 0.25) is 0 Å². The minimum Gasteiger partial charge on any atom is -0.508 e. The lowest BCUT2D eigenvalue weighted by Gasteiger charge is -2.47. The lowest BCUT2D eigenvalue weighted by atomic mass is 9.91. The normalized spacial score (nSPS) is 17.8. The smallest absolute Gasteiger partial charge is 0.243 e. The van der Waals surface area contributed by atoms with Crippen molar-refractivity contribution in [2.45, 2.75) is 17.4 Å². The number of pyridine rings is 1. The van der Waals surface area contributed by atoms with Crippen LogP contribution in [0.5, 0.6) is 11.5 Å². The predicted octanol–water partition coefficient (Wildman–Crippen LogP) is 5.53. The number of benzene rings is 3. The first kappa shape index (κ1) is 24.8. The molecule has 0 radical (unpaired) electrons. The van der Waals surface area contributed by atoms with Gasteiger partial charge in [0, 0.05) is 41.0 Å². The number of nitrogens with zero attached hydrogens (tertiary/aromatic N) is 2. The monoisotopic (exact) mass is 516 g/mol. The van der Waals surface area contributed by atoms with Gasteiger partial charge in [0.05, 0.1) is 19.3 Å². The summed E-state index contributed by atoms with van der Waals surface area (Å²) in [6.45, 7) is 0. The van der Waals surface area contributed by atoms with Crippen molar-refractivity contribution in [3.8, 4) is 22.6 Å². The van der Waals surface area contributed by atoms with Gasteiger partial charge in [-0.3, -0.25) is 9.78 Å². The third kappa shape index (κ3) is 5.03. The summed E-state index contributed by atoms with van der Waals surface area (Å²) in [7, 11) is 1.59. The fraction of sp³-hybridized carbons (Fsp3) is 0.172. The number of rotatable bonds is 8. The molecule has 6 nitrogen and oxygen atoms in total. The highest BCUT2D eigenvalue weighted by Gasteiger charge is 2.49. The molecule has 5 rings (SSSR count). The maximum atomic E-state index is 13.4. The van der Waals surface area contributed by atoms with Crippen LogP contribution in [-0.4, -0.2) is 39.2 Å². The number of carbonyl (C=O) groups excluding carboxylic acids is 1. The van der Waals surface area contributed by atoms with Crippen LogP contribution in [-0.2, 0) is 4.79 Å².